The minimum absolute atomic E-state index is 0.421. The van der Waals surface area contributed by atoms with Gasteiger partial charge in [-0.1, -0.05) is 18.7 Å². The molecule has 1 N–H and O–H groups in total. The first-order valence-corrected chi connectivity index (χ1v) is 5.15. The Hall–Kier alpha value is -0.550. The first-order chi connectivity index (χ1) is 6.13. The van der Waals surface area contributed by atoms with Gasteiger partial charge < -0.3 is 9.73 Å². The van der Waals surface area contributed by atoms with E-state index in [4.69, 9.17) is 4.42 Å². The van der Waals surface area contributed by atoms with Crippen LogP contribution < -0.4 is 5.32 Å². The fourth-order valence-corrected chi connectivity index (χ4v) is 1.74. The highest BCUT2D eigenvalue weighted by Gasteiger charge is 2.14. The van der Waals surface area contributed by atoms with Gasteiger partial charge in [0.25, 0.3) is 5.22 Å². The van der Waals surface area contributed by atoms with Gasteiger partial charge in [0, 0.05) is 18.2 Å². The van der Waals surface area contributed by atoms with Gasteiger partial charge in [0.1, 0.15) is 0 Å². The zero-order chi connectivity index (χ0) is 9.84. The van der Waals surface area contributed by atoms with Crippen LogP contribution in [0.1, 0.15) is 19.7 Å². The molecule has 1 rings (SSSR count). The lowest BCUT2D eigenvalue weighted by Crippen LogP contribution is -2.30. The topological polar surface area (TPSA) is 51.0 Å². The summed E-state index contributed by atoms with van der Waals surface area (Å²) in [4.78, 5) is 0. The van der Waals surface area contributed by atoms with E-state index < -0.39 is 0 Å². The lowest BCUT2D eigenvalue weighted by Gasteiger charge is -2.16. The summed E-state index contributed by atoms with van der Waals surface area (Å²) in [5.74, 6) is 0.617. The molecule has 13 heavy (non-hydrogen) atoms. The molecule has 1 aromatic heterocycles. The monoisotopic (exact) mass is 201 g/mol. The van der Waals surface area contributed by atoms with Crippen LogP contribution in [0.4, 0.5) is 0 Å². The number of hydrogen-bond acceptors (Lipinski definition) is 5. The molecule has 0 bridgehead atoms. The summed E-state index contributed by atoms with van der Waals surface area (Å²) in [5.41, 5.74) is 0. The molecule has 2 atom stereocenters. The third-order valence-corrected chi connectivity index (χ3v) is 3.10. The number of aryl methyl sites for hydroxylation is 1. The smallest absolute Gasteiger partial charge is 0.276 e. The average molecular weight is 201 g/mol. The summed E-state index contributed by atoms with van der Waals surface area (Å²) in [5, 5.41) is 11.9. The summed E-state index contributed by atoms with van der Waals surface area (Å²) in [6.07, 6.45) is 0. The standard InChI is InChI=1S/C8H15N3OS/c1-5(9-4)6(2)13-8-11-10-7(3)12-8/h5-6,9H,1-4H3. The number of nitrogens with one attached hydrogen (secondary N) is 1. The normalized spacial score (nSPS) is 15.7. The Kier molecular flexibility index (Phi) is 3.74. The Morgan fingerprint density at radius 1 is 1.38 bits per heavy atom. The van der Waals surface area contributed by atoms with Gasteiger partial charge >= 0.3 is 0 Å². The lowest BCUT2D eigenvalue weighted by atomic mass is 10.3. The van der Waals surface area contributed by atoms with Gasteiger partial charge in [-0.25, -0.2) is 0 Å². The zero-order valence-corrected chi connectivity index (χ0v) is 9.18. The molecule has 0 aromatic carbocycles. The number of rotatable bonds is 4. The van der Waals surface area contributed by atoms with Crippen LogP contribution in [-0.4, -0.2) is 28.5 Å². The molecule has 0 saturated heterocycles. The van der Waals surface area contributed by atoms with Crippen molar-refractivity contribution in [1.82, 2.24) is 15.5 Å². The molecule has 0 aliphatic carbocycles. The van der Waals surface area contributed by atoms with Crippen LogP contribution in [-0.2, 0) is 0 Å². The highest BCUT2D eigenvalue weighted by Crippen LogP contribution is 2.23. The van der Waals surface area contributed by atoms with Crippen molar-refractivity contribution < 1.29 is 4.42 Å². The second kappa shape index (κ2) is 4.62. The van der Waals surface area contributed by atoms with Crippen molar-refractivity contribution in [3.8, 4) is 0 Å². The molecular formula is C8H15N3OS. The van der Waals surface area contributed by atoms with Gasteiger partial charge in [-0.15, -0.1) is 10.2 Å². The Morgan fingerprint density at radius 2 is 2.08 bits per heavy atom. The molecule has 0 fully saturated rings. The van der Waals surface area contributed by atoms with E-state index in [1.54, 1.807) is 18.7 Å². The van der Waals surface area contributed by atoms with Crippen LogP contribution in [0.15, 0.2) is 9.64 Å². The molecule has 1 heterocycles. The highest BCUT2D eigenvalue weighted by atomic mass is 32.2. The summed E-state index contributed by atoms with van der Waals surface area (Å²) in [6, 6.07) is 0.428. The number of aromatic nitrogens is 2. The SMILES string of the molecule is CNC(C)C(C)Sc1nnc(C)o1. The average Bonchev–Trinajstić information content (AvgIpc) is 2.49. The van der Waals surface area contributed by atoms with Crippen LogP contribution in [0, 0.1) is 6.92 Å². The molecule has 0 aliphatic rings. The van der Waals surface area contributed by atoms with Gasteiger partial charge in [-0.3, -0.25) is 0 Å². The largest absolute Gasteiger partial charge is 0.416 e. The predicted molar refractivity (Wildman–Crippen MR) is 52.9 cm³/mol. The van der Waals surface area contributed by atoms with Crippen molar-refractivity contribution in [2.75, 3.05) is 7.05 Å². The second-order valence-electron chi connectivity index (χ2n) is 2.99. The van der Waals surface area contributed by atoms with Gasteiger partial charge in [-0.2, -0.15) is 0 Å². The number of nitrogens with zero attached hydrogens (tertiary/aromatic N) is 2. The van der Waals surface area contributed by atoms with Crippen molar-refractivity contribution in [2.45, 2.75) is 37.3 Å². The molecule has 74 valence electrons. The molecule has 4 nitrogen and oxygen atoms in total. The minimum Gasteiger partial charge on any atom is -0.416 e. The summed E-state index contributed by atoms with van der Waals surface area (Å²) >= 11 is 1.59. The summed E-state index contributed by atoms with van der Waals surface area (Å²) in [6.45, 7) is 6.05. The fraction of sp³-hybridized carbons (Fsp3) is 0.750. The van der Waals surface area contributed by atoms with Crippen molar-refractivity contribution in [3.05, 3.63) is 5.89 Å². The van der Waals surface area contributed by atoms with E-state index in [-0.39, 0.29) is 0 Å². The van der Waals surface area contributed by atoms with E-state index in [9.17, 15) is 0 Å². The fourth-order valence-electron chi connectivity index (χ4n) is 0.822. The molecule has 0 radical (unpaired) electrons. The van der Waals surface area contributed by atoms with E-state index in [2.05, 4.69) is 29.4 Å². The van der Waals surface area contributed by atoms with E-state index >= 15 is 0 Å². The first-order valence-electron chi connectivity index (χ1n) is 4.27. The van der Waals surface area contributed by atoms with Gasteiger partial charge in [0.15, 0.2) is 0 Å². The Labute approximate surface area is 82.5 Å². The molecule has 5 heteroatoms. The van der Waals surface area contributed by atoms with Crippen molar-refractivity contribution in [3.63, 3.8) is 0 Å². The first kappa shape index (κ1) is 10.5. The quantitative estimate of drug-likeness (QED) is 0.747. The minimum atomic E-state index is 0.421. The molecule has 0 saturated carbocycles. The van der Waals surface area contributed by atoms with Crippen LogP contribution in [0.25, 0.3) is 0 Å². The zero-order valence-electron chi connectivity index (χ0n) is 8.37. The second-order valence-corrected chi connectivity index (χ2v) is 4.32. The molecule has 0 amide bonds. The van der Waals surface area contributed by atoms with Crippen molar-refractivity contribution in [1.29, 1.82) is 0 Å². The summed E-state index contributed by atoms with van der Waals surface area (Å²) < 4.78 is 5.26. The number of hydrogen-bond donors (Lipinski definition) is 1. The third-order valence-electron chi connectivity index (χ3n) is 1.95. The Bertz CT molecular complexity index is 264. The summed E-state index contributed by atoms with van der Waals surface area (Å²) in [7, 11) is 1.95. The van der Waals surface area contributed by atoms with E-state index in [0.29, 0.717) is 22.4 Å². The van der Waals surface area contributed by atoms with Gasteiger partial charge in [-0.05, 0) is 14.0 Å². The van der Waals surface area contributed by atoms with Crippen LogP contribution in [0.3, 0.4) is 0 Å². The maximum Gasteiger partial charge on any atom is 0.276 e. The molecule has 0 spiro atoms. The van der Waals surface area contributed by atoms with Gasteiger partial charge in [0.05, 0.1) is 0 Å². The number of thioether (sulfide) groups is 1. The van der Waals surface area contributed by atoms with Crippen LogP contribution >= 0.6 is 11.8 Å². The molecule has 2 unspecified atom stereocenters. The van der Waals surface area contributed by atoms with Crippen molar-refractivity contribution in [2.24, 2.45) is 0 Å². The maximum atomic E-state index is 5.26. The molecule has 1 aromatic rings. The van der Waals surface area contributed by atoms with Crippen LogP contribution in [0.2, 0.25) is 0 Å². The van der Waals surface area contributed by atoms with Crippen molar-refractivity contribution >= 4 is 11.8 Å². The van der Waals surface area contributed by atoms with E-state index in [0.717, 1.165) is 0 Å². The Balaban J connectivity index is 2.49. The predicted octanol–water partition coefficient (Wildman–Crippen LogP) is 1.47. The van der Waals surface area contributed by atoms with E-state index in [1.165, 1.54) is 0 Å². The molecular weight excluding hydrogens is 186 g/mol. The van der Waals surface area contributed by atoms with E-state index in [1.807, 2.05) is 7.05 Å². The van der Waals surface area contributed by atoms with Gasteiger partial charge in [0.2, 0.25) is 5.89 Å². The highest BCUT2D eigenvalue weighted by molar-refractivity contribution is 7.99. The third kappa shape index (κ3) is 3.00. The molecule has 0 aliphatic heterocycles. The Morgan fingerprint density at radius 3 is 2.54 bits per heavy atom. The lowest BCUT2D eigenvalue weighted by molar-refractivity contribution is 0.427. The van der Waals surface area contributed by atoms with Crippen LogP contribution in [0.5, 0.6) is 0 Å². The maximum absolute atomic E-state index is 5.26.